The topological polar surface area (TPSA) is 90.5 Å². The van der Waals surface area contributed by atoms with Crippen LogP contribution in [0, 0.1) is 0 Å². The fraction of sp³-hybridized carbons (Fsp3) is 0.286. The fourth-order valence-corrected chi connectivity index (χ4v) is 4.02. The summed E-state index contributed by atoms with van der Waals surface area (Å²) in [4.78, 5) is 10.9. The summed E-state index contributed by atoms with van der Waals surface area (Å²) in [6.07, 6.45) is 7.89. The quantitative estimate of drug-likeness (QED) is 0.378. The molecule has 0 unspecified atom stereocenters. The van der Waals surface area contributed by atoms with Crippen LogP contribution in [0.25, 0.3) is 5.95 Å². The predicted octanol–water partition coefficient (Wildman–Crippen LogP) is 3.23. The summed E-state index contributed by atoms with van der Waals surface area (Å²) in [5.41, 5.74) is 1.17. The first-order chi connectivity index (χ1) is 15.3. The van der Waals surface area contributed by atoms with Crippen LogP contribution in [0.4, 0.5) is 5.13 Å². The maximum atomic E-state index is 5.55. The van der Waals surface area contributed by atoms with E-state index in [-0.39, 0.29) is 0 Å². The summed E-state index contributed by atoms with van der Waals surface area (Å²) in [6, 6.07) is 9.91. The molecule has 3 aromatic heterocycles. The lowest BCUT2D eigenvalue weighted by Gasteiger charge is -2.20. The molecule has 10 heteroatoms. The lowest BCUT2D eigenvalue weighted by molar-refractivity contribution is 0.174. The third-order valence-electron chi connectivity index (χ3n) is 4.88. The standard InChI is InChI=1S/C21H22N6O3S/c1-3-17(28-10-1)13-26(21-24-20(25-31-21)27-9-7-23-14-27)8-2-6-22-12-16-4-5-18-19(11-16)30-15-29-18/h1,3-5,7,9-11,14,22H,2,6,8,12-13,15H2. The molecule has 1 aliphatic heterocycles. The van der Waals surface area contributed by atoms with Gasteiger partial charge in [-0.1, -0.05) is 6.07 Å². The van der Waals surface area contributed by atoms with Gasteiger partial charge in [0.2, 0.25) is 17.9 Å². The van der Waals surface area contributed by atoms with Gasteiger partial charge in [0, 0.05) is 37.0 Å². The van der Waals surface area contributed by atoms with Crippen LogP contribution in [-0.2, 0) is 13.1 Å². The molecule has 4 aromatic rings. The van der Waals surface area contributed by atoms with Gasteiger partial charge >= 0.3 is 0 Å². The Kier molecular flexibility index (Phi) is 5.81. The number of anilines is 1. The van der Waals surface area contributed by atoms with Gasteiger partial charge in [-0.05, 0) is 42.8 Å². The number of nitrogens with one attached hydrogen (secondary N) is 1. The number of aromatic nitrogens is 4. The van der Waals surface area contributed by atoms with Gasteiger partial charge in [-0.25, -0.2) is 4.98 Å². The third kappa shape index (κ3) is 4.70. The highest BCUT2D eigenvalue weighted by Gasteiger charge is 2.16. The minimum Gasteiger partial charge on any atom is -0.467 e. The largest absolute Gasteiger partial charge is 0.467 e. The van der Waals surface area contributed by atoms with Crippen molar-refractivity contribution in [2.45, 2.75) is 19.5 Å². The number of nitrogens with zero attached hydrogens (tertiary/aromatic N) is 5. The second-order valence-corrected chi connectivity index (χ2v) is 7.80. The molecule has 0 saturated heterocycles. The first-order valence-electron chi connectivity index (χ1n) is 10.0. The van der Waals surface area contributed by atoms with Crippen LogP contribution >= 0.6 is 11.5 Å². The number of benzene rings is 1. The van der Waals surface area contributed by atoms with Crippen LogP contribution in [-0.4, -0.2) is 38.8 Å². The highest BCUT2D eigenvalue weighted by Crippen LogP contribution is 2.32. The Hall–Kier alpha value is -3.37. The Morgan fingerprint density at radius 1 is 1.19 bits per heavy atom. The lowest BCUT2D eigenvalue weighted by Crippen LogP contribution is -2.27. The van der Waals surface area contributed by atoms with E-state index in [2.05, 4.69) is 30.6 Å². The number of ether oxygens (including phenoxy) is 2. The van der Waals surface area contributed by atoms with E-state index in [9.17, 15) is 0 Å². The number of hydrogen-bond acceptors (Lipinski definition) is 9. The van der Waals surface area contributed by atoms with Crippen LogP contribution in [0.1, 0.15) is 17.7 Å². The van der Waals surface area contributed by atoms with Crippen molar-refractivity contribution in [3.8, 4) is 17.4 Å². The van der Waals surface area contributed by atoms with Crippen molar-refractivity contribution in [2.75, 3.05) is 24.8 Å². The molecule has 0 bridgehead atoms. The predicted molar refractivity (Wildman–Crippen MR) is 116 cm³/mol. The molecule has 4 heterocycles. The van der Waals surface area contributed by atoms with Gasteiger partial charge in [0.25, 0.3) is 0 Å². The van der Waals surface area contributed by atoms with Crippen molar-refractivity contribution in [1.29, 1.82) is 0 Å². The molecular formula is C21H22N6O3S. The number of hydrogen-bond donors (Lipinski definition) is 1. The van der Waals surface area contributed by atoms with Crippen molar-refractivity contribution in [1.82, 2.24) is 24.2 Å². The normalized spacial score (nSPS) is 12.4. The molecule has 0 radical (unpaired) electrons. The van der Waals surface area contributed by atoms with Crippen molar-refractivity contribution in [3.05, 3.63) is 66.6 Å². The molecule has 0 atom stereocenters. The van der Waals surface area contributed by atoms with E-state index < -0.39 is 0 Å². The molecule has 1 N–H and O–H groups in total. The summed E-state index contributed by atoms with van der Waals surface area (Å²) in [5, 5.41) is 4.35. The Balaban J connectivity index is 1.17. The fourth-order valence-electron chi connectivity index (χ4n) is 3.33. The molecule has 5 rings (SSSR count). The molecule has 31 heavy (non-hydrogen) atoms. The van der Waals surface area contributed by atoms with Gasteiger partial charge in [-0.15, -0.1) is 0 Å². The monoisotopic (exact) mass is 438 g/mol. The second kappa shape index (κ2) is 9.19. The maximum absolute atomic E-state index is 5.55. The number of rotatable bonds is 10. The van der Waals surface area contributed by atoms with Crippen LogP contribution in [0.5, 0.6) is 11.5 Å². The second-order valence-electron chi connectivity index (χ2n) is 7.07. The number of furan rings is 1. The zero-order valence-electron chi connectivity index (χ0n) is 16.8. The van der Waals surface area contributed by atoms with Crippen LogP contribution < -0.4 is 19.7 Å². The van der Waals surface area contributed by atoms with Crippen molar-refractivity contribution in [3.63, 3.8) is 0 Å². The Morgan fingerprint density at radius 2 is 2.16 bits per heavy atom. The van der Waals surface area contributed by atoms with E-state index >= 15 is 0 Å². The van der Waals surface area contributed by atoms with E-state index in [1.54, 1.807) is 23.4 Å². The van der Waals surface area contributed by atoms with E-state index in [0.29, 0.717) is 19.3 Å². The number of imidazole rings is 1. The minimum atomic E-state index is 0.298. The highest BCUT2D eigenvalue weighted by molar-refractivity contribution is 7.09. The summed E-state index contributed by atoms with van der Waals surface area (Å²) in [7, 11) is 0. The molecule has 0 spiro atoms. The molecule has 9 nitrogen and oxygen atoms in total. The summed E-state index contributed by atoms with van der Waals surface area (Å²) >= 11 is 1.38. The summed E-state index contributed by atoms with van der Waals surface area (Å²) in [5.74, 6) is 3.15. The van der Waals surface area contributed by atoms with Gasteiger partial charge in [-0.3, -0.25) is 4.57 Å². The molecule has 0 saturated carbocycles. The van der Waals surface area contributed by atoms with E-state index in [1.165, 1.54) is 17.1 Å². The molecule has 0 amide bonds. The van der Waals surface area contributed by atoms with Gasteiger partial charge in [-0.2, -0.15) is 9.36 Å². The van der Waals surface area contributed by atoms with Gasteiger partial charge in [0.05, 0.1) is 12.8 Å². The van der Waals surface area contributed by atoms with E-state index in [0.717, 1.165) is 48.4 Å². The van der Waals surface area contributed by atoms with E-state index in [1.807, 2.05) is 30.5 Å². The third-order valence-corrected chi connectivity index (χ3v) is 5.65. The minimum absolute atomic E-state index is 0.298. The SMILES string of the molecule is c1coc(CN(CCCNCc2ccc3c(c2)OCO3)c2nc(-n3ccnc3)ns2)c1. The highest BCUT2D eigenvalue weighted by atomic mass is 32.1. The van der Waals surface area contributed by atoms with Crippen LogP contribution in [0.2, 0.25) is 0 Å². The molecular weight excluding hydrogens is 416 g/mol. The lowest BCUT2D eigenvalue weighted by atomic mass is 10.2. The van der Waals surface area contributed by atoms with Crippen LogP contribution in [0.3, 0.4) is 0 Å². The zero-order valence-corrected chi connectivity index (χ0v) is 17.6. The molecule has 1 aromatic carbocycles. The van der Waals surface area contributed by atoms with Crippen molar-refractivity contribution >= 4 is 16.7 Å². The summed E-state index contributed by atoms with van der Waals surface area (Å²) < 4.78 is 22.6. The number of fused-ring (bicyclic) bond motifs is 1. The summed E-state index contributed by atoms with van der Waals surface area (Å²) in [6.45, 7) is 3.42. The molecule has 0 aliphatic carbocycles. The first-order valence-corrected chi connectivity index (χ1v) is 10.8. The van der Waals surface area contributed by atoms with E-state index in [4.69, 9.17) is 13.9 Å². The van der Waals surface area contributed by atoms with Gasteiger partial charge in [0.15, 0.2) is 11.5 Å². The maximum Gasteiger partial charge on any atom is 0.248 e. The average molecular weight is 439 g/mol. The van der Waals surface area contributed by atoms with Crippen LogP contribution in [0.15, 0.2) is 59.7 Å². The Labute approximate surface area is 183 Å². The first kappa shape index (κ1) is 19.6. The Bertz CT molecular complexity index is 1100. The van der Waals surface area contributed by atoms with Gasteiger partial charge < -0.3 is 24.1 Å². The smallest absolute Gasteiger partial charge is 0.248 e. The molecule has 160 valence electrons. The van der Waals surface area contributed by atoms with Gasteiger partial charge in [0.1, 0.15) is 12.1 Å². The van der Waals surface area contributed by atoms with Crippen molar-refractivity contribution in [2.24, 2.45) is 0 Å². The molecule has 1 aliphatic rings. The molecule has 0 fully saturated rings. The Morgan fingerprint density at radius 3 is 3.03 bits per heavy atom. The van der Waals surface area contributed by atoms with Crippen molar-refractivity contribution < 1.29 is 13.9 Å². The average Bonchev–Trinajstić information content (AvgIpc) is 3.59. The zero-order chi connectivity index (χ0) is 20.9.